The predicted molar refractivity (Wildman–Crippen MR) is 88.8 cm³/mol. The van der Waals surface area contributed by atoms with Crippen LogP contribution in [0.3, 0.4) is 0 Å². The largest absolute Gasteiger partial charge is 0.309 e. The number of aryl methyl sites for hydroxylation is 3. The number of nitrogens with zero attached hydrogens (tertiary/aromatic N) is 2. The molecule has 21 heavy (non-hydrogen) atoms. The van der Waals surface area contributed by atoms with Crippen LogP contribution in [0.4, 0.5) is 0 Å². The van der Waals surface area contributed by atoms with E-state index in [4.69, 9.17) is 0 Å². The monoisotopic (exact) mass is 304 g/mol. The Morgan fingerprint density at radius 1 is 1.29 bits per heavy atom. The third kappa shape index (κ3) is 4.58. The summed E-state index contributed by atoms with van der Waals surface area (Å²) >= 11 is 1.69. The van der Waals surface area contributed by atoms with Gasteiger partial charge in [0, 0.05) is 11.8 Å². The molecule has 0 radical (unpaired) electrons. The number of aromatic nitrogens is 3. The van der Waals surface area contributed by atoms with Gasteiger partial charge < -0.3 is 5.32 Å². The van der Waals surface area contributed by atoms with Crippen molar-refractivity contribution in [3.8, 4) is 0 Å². The average molecular weight is 304 g/mol. The summed E-state index contributed by atoms with van der Waals surface area (Å²) < 4.78 is 0. The molecule has 0 saturated carbocycles. The number of hydrogen-bond donors (Lipinski definition) is 2. The fourth-order valence-electron chi connectivity index (χ4n) is 2.26. The maximum Gasteiger partial charge on any atom is 0.208 e. The standard InChI is InChI=1S/C16H24N4S/c1-5-8-17-15(10-21-16-18-13(4)19-20-16)14-9-11(2)6-7-12(14)3/h6-7,9,15,17H,5,8,10H2,1-4H3,(H,18,19,20). The van der Waals surface area contributed by atoms with Gasteiger partial charge in [-0.05, 0) is 44.9 Å². The van der Waals surface area contributed by atoms with Crippen LogP contribution in [0.2, 0.25) is 0 Å². The van der Waals surface area contributed by atoms with Gasteiger partial charge in [-0.1, -0.05) is 42.4 Å². The van der Waals surface area contributed by atoms with Crippen LogP contribution in [0, 0.1) is 20.8 Å². The van der Waals surface area contributed by atoms with Crippen molar-refractivity contribution in [3.05, 3.63) is 40.7 Å². The first-order valence-electron chi connectivity index (χ1n) is 7.42. The molecule has 4 nitrogen and oxygen atoms in total. The number of H-pyrrole nitrogens is 1. The molecule has 0 aliphatic heterocycles. The first kappa shape index (κ1) is 16.0. The molecule has 0 aliphatic rings. The number of nitrogens with one attached hydrogen (secondary N) is 2. The average Bonchev–Trinajstić information content (AvgIpc) is 2.88. The molecule has 2 rings (SSSR count). The van der Waals surface area contributed by atoms with Crippen LogP contribution in [0.1, 0.15) is 41.9 Å². The lowest BCUT2D eigenvalue weighted by molar-refractivity contribution is 0.574. The zero-order valence-corrected chi connectivity index (χ0v) is 14.0. The highest BCUT2D eigenvalue weighted by atomic mass is 32.2. The Kier molecular flexibility index (Phi) is 5.82. The highest BCUT2D eigenvalue weighted by molar-refractivity contribution is 7.99. The van der Waals surface area contributed by atoms with Gasteiger partial charge in [-0.3, -0.25) is 5.10 Å². The van der Waals surface area contributed by atoms with Gasteiger partial charge in [-0.15, -0.1) is 5.10 Å². The van der Waals surface area contributed by atoms with Crippen LogP contribution < -0.4 is 5.32 Å². The third-order valence-electron chi connectivity index (χ3n) is 3.41. The predicted octanol–water partition coefficient (Wildman–Crippen LogP) is 3.56. The maximum atomic E-state index is 4.37. The topological polar surface area (TPSA) is 53.6 Å². The number of hydrogen-bond acceptors (Lipinski definition) is 4. The lowest BCUT2D eigenvalue weighted by Gasteiger charge is -2.20. The van der Waals surface area contributed by atoms with E-state index in [0.29, 0.717) is 6.04 Å². The van der Waals surface area contributed by atoms with Crippen molar-refractivity contribution in [2.45, 2.75) is 45.3 Å². The van der Waals surface area contributed by atoms with Crippen molar-refractivity contribution in [1.82, 2.24) is 20.5 Å². The summed E-state index contributed by atoms with van der Waals surface area (Å²) in [4.78, 5) is 4.37. The van der Waals surface area contributed by atoms with Gasteiger partial charge >= 0.3 is 0 Å². The Labute approximate surface area is 131 Å². The van der Waals surface area contributed by atoms with Crippen LogP contribution in [0.25, 0.3) is 0 Å². The van der Waals surface area contributed by atoms with E-state index in [-0.39, 0.29) is 0 Å². The summed E-state index contributed by atoms with van der Waals surface area (Å²) in [5.74, 6) is 1.80. The van der Waals surface area contributed by atoms with Crippen molar-refractivity contribution in [2.24, 2.45) is 0 Å². The smallest absolute Gasteiger partial charge is 0.208 e. The van der Waals surface area contributed by atoms with Crippen molar-refractivity contribution < 1.29 is 0 Å². The Hall–Kier alpha value is -1.33. The first-order valence-corrected chi connectivity index (χ1v) is 8.41. The minimum atomic E-state index is 0.327. The zero-order chi connectivity index (χ0) is 15.2. The number of benzene rings is 1. The minimum Gasteiger partial charge on any atom is -0.309 e. The number of aromatic amines is 1. The minimum absolute atomic E-state index is 0.327. The molecule has 5 heteroatoms. The van der Waals surface area contributed by atoms with Crippen molar-refractivity contribution in [3.63, 3.8) is 0 Å². The van der Waals surface area contributed by atoms with Crippen LogP contribution in [0.15, 0.2) is 23.4 Å². The molecule has 1 heterocycles. The Morgan fingerprint density at radius 3 is 2.76 bits per heavy atom. The third-order valence-corrected chi connectivity index (χ3v) is 4.35. The summed E-state index contributed by atoms with van der Waals surface area (Å²) in [6, 6.07) is 6.98. The fourth-order valence-corrected chi connectivity index (χ4v) is 3.18. The quantitative estimate of drug-likeness (QED) is 0.768. The molecule has 2 aromatic rings. The van der Waals surface area contributed by atoms with E-state index < -0.39 is 0 Å². The fraction of sp³-hybridized carbons (Fsp3) is 0.500. The molecule has 1 aromatic heterocycles. The van der Waals surface area contributed by atoms with Crippen LogP contribution in [-0.4, -0.2) is 27.5 Å². The van der Waals surface area contributed by atoms with Crippen molar-refractivity contribution in [1.29, 1.82) is 0 Å². The van der Waals surface area contributed by atoms with E-state index in [1.807, 2.05) is 6.92 Å². The molecule has 114 valence electrons. The molecule has 0 spiro atoms. The van der Waals surface area contributed by atoms with Crippen LogP contribution in [-0.2, 0) is 0 Å². The number of rotatable bonds is 7. The van der Waals surface area contributed by atoms with Gasteiger partial charge in [0.2, 0.25) is 5.16 Å². The van der Waals surface area contributed by atoms with Gasteiger partial charge in [0.05, 0.1) is 0 Å². The SMILES string of the molecule is CCCNC(CSc1n[nH]c(C)n1)c1cc(C)ccc1C. The summed E-state index contributed by atoms with van der Waals surface area (Å²) in [7, 11) is 0. The molecular weight excluding hydrogens is 280 g/mol. The molecule has 0 bridgehead atoms. The van der Waals surface area contributed by atoms with Crippen LogP contribution >= 0.6 is 11.8 Å². The van der Waals surface area contributed by atoms with Gasteiger partial charge in [0.25, 0.3) is 0 Å². The van der Waals surface area contributed by atoms with E-state index in [1.165, 1.54) is 16.7 Å². The lowest BCUT2D eigenvalue weighted by Crippen LogP contribution is -2.25. The Bertz CT molecular complexity index is 579. The maximum absolute atomic E-state index is 4.37. The number of thioether (sulfide) groups is 1. The van der Waals surface area contributed by atoms with Crippen molar-refractivity contribution in [2.75, 3.05) is 12.3 Å². The Morgan fingerprint density at radius 2 is 2.10 bits per heavy atom. The molecule has 1 atom stereocenters. The van der Waals surface area contributed by atoms with E-state index in [1.54, 1.807) is 11.8 Å². The summed E-state index contributed by atoms with van der Waals surface area (Å²) in [5, 5.41) is 11.6. The molecule has 0 amide bonds. The van der Waals surface area contributed by atoms with E-state index in [2.05, 4.69) is 59.5 Å². The summed E-state index contributed by atoms with van der Waals surface area (Å²) in [6.07, 6.45) is 1.13. The normalized spacial score (nSPS) is 12.6. The molecule has 1 unspecified atom stereocenters. The zero-order valence-electron chi connectivity index (χ0n) is 13.2. The molecule has 0 saturated heterocycles. The van der Waals surface area contributed by atoms with Gasteiger partial charge in [0.15, 0.2) is 0 Å². The van der Waals surface area contributed by atoms with E-state index in [9.17, 15) is 0 Å². The highest BCUT2D eigenvalue weighted by Gasteiger charge is 2.15. The van der Waals surface area contributed by atoms with Crippen molar-refractivity contribution >= 4 is 11.8 Å². The first-order chi connectivity index (χ1) is 10.1. The van der Waals surface area contributed by atoms with Crippen LogP contribution in [0.5, 0.6) is 0 Å². The van der Waals surface area contributed by atoms with E-state index >= 15 is 0 Å². The lowest BCUT2D eigenvalue weighted by atomic mass is 10.00. The Balaban J connectivity index is 2.11. The summed E-state index contributed by atoms with van der Waals surface area (Å²) in [5.41, 5.74) is 4.02. The van der Waals surface area contributed by atoms with Gasteiger partial charge in [0.1, 0.15) is 5.82 Å². The second-order valence-corrected chi connectivity index (χ2v) is 6.37. The van der Waals surface area contributed by atoms with Gasteiger partial charge in [-0.2, -0.15) is 0 Å². The highest BCUT2D eigenvalue weighted by Crippen LogP contribution is 2.25. The molecule has 0 fully saturated rings. The summed E-state index contributed by atoms with van der Waals surface area (Å²) in [6.45, 7) is 9.46. The molecular formula is C16H24N4S. The molecule has 1 aromatic carbocycles. The molecule has 2 N–H and O–H groups in total. The molecule has 0 aliphatic carbocycles. The van der Waals surface area contributed by atoms with Gasteiger partial charge in [-0.25, -0.2) is 4.98 Å². The second-order valence-electron chi connectivity index (χ2n) is 5.38. The second kappa shape index (κ2) is 7.61. The van der Waals surface area contributed by atoms with E-state index in [0.717, 1.165) is 29.7 Å².